The number of anilines is 1. The Bertz CT molecular complexity index is 1300. The van der Waals surface area contributed by atoms with Crippen molar-refractivity contribution < 1.29 is 19.1 Å². The highest BCUT2D eigenvalue weighted by molar-refractivity contribution is 6.04. The van der Waals surface area contributed by atoms with E-state index in [4.69, 9.17) is 4.74 Å². The SMILES string of the molecule is CC(NC(=O)c1ccccc1NC(=O)COC(=O)c1ccc(-n2cccn2)cc1)c1ccccc1. The van der Waals surface area contributed by atoms with Crippen molar-refractivity contribution in [1.29, 1.82) is 0 Å². The second-order valence-electron chi connectivity index (χ2n) is 7.77. The Morgan fingerprint density at radius 2 is 1.63 bits per heavy atom. The fourth-order valence-electron chi connectivity index (χ4n) is 3.46. The van der Waals surface area contributed by atoms with Gasteiger partial charge in [-0.15, -0.1) is 0 Å². The first kappa shape index (κ1) is 23.4. The molecule has 35 heavy (non-hydrogen) atoms. The summed E-state index contributed by atoms with van der Waals surface area (Å²) in [6.07, 6.45) is 3.45. The molecule has 1 heterocycles. The van der Waals surface area contributed by atoms with Gasteiger partial charge in [-0.3, -0.25) is 9.59 Å². The van der Waals surface area contributed by atoms with E-state index in [1.165, 1.54) is 0 Å². The molecule has 0 saturated carbocycles. The summed E-state index contributed by atoms with van der Waals surface area (Å²) in [6.45, 7) is 1.39. The van der Waals surface area contributed by atoms with Crippen LogP contribution in [0.3, 0.4) is 0 Å². The van der Waals surface area contributed by atoms with E-state index < -0.39 is 18.5 Å². The highest BCUT2D eigenvalue weighted by atomic mass is 16.5. The van der Waals surface area contributed by atoms with Crippen LogP contribution in [0.4, 0.5) is 5.69 Å². The van der Waals surface area contributed by atoms with E-state index in [9.17, 15) is 14.4 Å². The Morgan fingerprint density at radius 3 is 2.34 bits per heavy atom. The number of carbonyl (C=O) groups is 3. The molecule has 8 heteroatoms. The Hall–Kier alpha value is -4.72. The molecule has 0 aliphatic heterocycles. The van der Waals surface area contributed by atoms with E-state index in [0.29, 0.717) is 16.8 Å². The Balaban J connectivity index is 1.33. The third kappa shape index (κ3) is 6.00. The normalized spacial score (nSPS) is 11.3. The van der Waals surface area contributed by atoms with Gasteiger partial charge in [0.2, 0.25) is 0 Å². The molecule has 1 unspecified atom stereocenters. The second kappa shape index (κ2) is 10.9. The number of hydrogen-bond donors (Lipinski definition) is 2. The van der Waals surface area contributed by atoms with Gasteiger partial charge in [0, 0.05) is 12.4 Å². The summed E-state index contributed by atoms with van der Waals surface area (Å²) in [5.74, 6) is -1.51. The fraction of sp³-hybridized carbons (Fsp3) is 0.111. The van der Waals surface area contributed by atoms with Crippen molar-refractivity contribution in [1.82, 2.24) is 15.1 Å². The molecule has 0 bridgehead atoms. The molecule has 0 radical (unpaired) electrons. The van der Waals surface area contributed by atoms with E-state index in [0.717, 1.165) is 11.3 Å². The van der Waals surface area contributed by atoms with Crippen molar-refractivity contribution in [2.24, 2.45) is 0 Å². The van der Waals surface area contributed by atoms with Crippen LogP contribution in [0.25, 0.3) is 5.69 Å². The highest BCUT2D eigenvalue weighted by Gasteiger charge is 2.17. The Labute approximate surface area is 202 Å². The van der Waals surface area contributed by atoms with Crippen molar-refractivity contribution >= 4 is 23.5 Å². The molecule has 0 saturated heterocycles. The fourth-order valence-corrected chi connectivity index (χ4v) is 3.46. The number of esters is 1. The zero-order valence-corrected chi connectivity index (χ0v) is 19.0. The van der Waals surface area contributed by atoms with Crippen LogP contribution in [0.15, 0.2) is 97.3 Å². The minimum Gasteiger partial charge on any atom is -0.452 e. The maximum absolute atomic E-state index is 12.8. The number of aromatic nitrogens is 2. The lowest BCUT2D eigenvalue weighted by molar-refractivity contribution is -0.119. The minimum atomic E-state index is -0.630. The molecule has 1 atom stereocenters. The van der Waals surface area contributed by atoms with E-state index >= 15 is 0 Å². The molecule has 0 fully saturated rings. The van der Waals surface area contributed by atoms with Gasteiger partial charge >= 0.3 is 5.97 Å². The van der Waals surface area contributed by atoms with Gasteiger partial charge in [0.15, 0.2) is 6.61 Å². The topological polar surface area (TPSA) is 102 Å². The number of hydrogen-bond acceptors (Lipinski definition) is 5. The number of nitrogens with one attached hydrogen (secondary N) is 2. The standard InChI is InChI=1S/C27H24N4O4/c1-19(20-8-3-2-4-9-20)29-26(33)23-10-5-6-11-24(23)30-25(32)18-35-27(34)21-12-14-22(15-13-21)31-17-7-16-28-31/h2-17,19H,18H2,1H3,(H,29,33)(H,30,32). The van der Waals surface area contributed by atoms with Gasteiger partial charge in [-0.2, -0.15) is 5.10 Å². The largest absolute Gasteiger partial charge is 0.452 e. The maximum Gasteiger partial charge on any atom is 0.338 e. The van der Waals surface area contributed by atoms with E-state index in [1.807, 2.05) is 37.3 Å². The lowest BCUT2D eigenvalue weighted by Gasteiger charge is -2.16. The monoisotopic (exact) mass is 468 g/mol. The second-order valence-corrected chi connectivity index (χ2v) is 7.77. The molecule has 3 aromatic carbocycles. The lowest BCUT2D eigenvalue weighted by atomic mass is 10.1. The predicted molar refractivity (Wildman–Crippen MR) is 131 cm³/mol. The first-order valence-corrected chi connectivity index (χ1v) is 11.0. The number of amides is 2. The molecular weight excluding hydrogens is 444 g/mol. The summed E-state index contributed by atoms with van der Waals surface area (Å²) >= 11 is 0. The summed E-state index contributed by atoms with van der Waals surface area (Å²) < 4.78 is 6.80. The molecule has 8 nitrogen and oxygen atoms in total. The van der Waals surface area contributed by atoms with Crippen LogP contribution in [-0.2, 0) is 9.53 Å². The average Bonchev–Trinajstić information content (AvgIpc) is 3.43. The first-order valence-electron chi connectivity index (χ1n) is 11.0. The summed E-state index contributed by atoms with van der Waals surface area (Å²) in [4.78, 5) is 37.6. The molecule has 4 aromatic rings. The molecule has 176 valence electrons. The molecule has 0 aliphatic carbocycles. The third-order valence-corrected chi connectivity index (χ3v) is 5.30. The number of nitrogens with zero attached hydrogens (tertiary/aromatic N) is 2. The highest BCUT2D eigenvalue weighted by Crippen LogP contribution is 2.18. The average molecular weight is 469 g/mol. The van der Waals surface area contributed by atoms with Crippen LogP contribution in [0.1, 0.15) is 39.2 Å². The summed E-state index contributed by atoms with van der Waals surface area (Å²) in [6, 6.07) is 24.5. The first-order chi connectivity index (χ1) is 17.0. The number of rotatable bonds is 8. The zero-order chi connectivity index (χ0) is 24.6. The molecule has 0 spiro atoms. The van der Waals surface area contributed by atoms with E-state index in [1.54, 1.807) is 71.7 Å². The van der Waals surface area contributed by atoms with Crippen molar-refractivity contribution in [3.05, 3.63) is 114 Å². The van der Waals surface area contributed by atoms with Crippen molar-refractivity contribution in [2.45, 2.75) is 13.0 Å². The summed E-state index contributed by atoms with van der Waals surface area (Å²) in [5, 5.41) is 9.71. The molecule has 0 aliphatic rings. The van der Waals surface area contributed by atoms with Crippen LogP contribution < -0.4 is 10.6 Å². The molecule has 2 N–H and O–H groups in total. The van der Waals surface area contributed by atoms with Crippen molar-refractivity contribution in [3.63, 3.8) is 0 Å². The van der Waals surface area contributed by atoms with Crippen LogP contribution in [0.2, 0.25) is 0 Å². The smallest absolute Gasteiger partial charge is 0.338 e. The van der Waals surface area contributed by atoms with Crippen LogP contribution >= 0.6 is 0 Å². The van der Waals surface area contributed by atoms with E-state index in [-0.39, 0.29) is 11.9 Å². The van der Waals surface area contributed by atoms with Gasteiger partial charge in [-0.25, -0.2) is 9.48 Å². The van der Waals surface area contributed by atoms with Crippen molar-refractivity contribution in [2.75, 3.05) is 11.9 Å². The number of benzene rings is 3. The van der Waals surface area contributed by atoms with Gasteiger partial charge in [0.25, 0.3) is 11.8 Å². The molecular formula is C27H24N4O4. The minimum absolute atomic E-state index is 0.215. The van der Waals surface area contributed by atoms with E-state index in [2.05, 4.69) is 15.7 Å². The van der Waals surface area contributed by atoms with Gasteiger partial charge in [-0.1, -0.05) is 42.5 Å². The zero-order valence-electron chi connectivity index (χ0n) is 19.0. The van der Waals surface area contributed by atoms with Gasteiger partial charge < -0.3 is 15.4 Å². The van der Waals surface area contributed by atoms with Gasteiger partial charge in [0.05, 0.1) is 28.5 Å². The maximum atomic E-state index is 12.8. The van der Waals surface area contributed by atoms with Crippen molar-refractivity contribution in [3.8, 4) is 5.69 Å². The van der Waals surface area contributed by atoms with Crippen LogP contribution in [0, 0.1) is 0 Å². The Morgan fingerprint density at radius 1 is 0.914 bits per heavy atom. The number of ether oxygens (including phenoxy) is 1. The quantitative estimate of drug-likeness (QED) is 0.378. The predicted octanol–water partition coefficient (Wildman–Crippen LogP) is 4.16. The van der Waals surface area contributed by atoms with Crippen LogP contribution in [0.5, 0.6) is 0 Å². The Kier molecular flexibility index (Phi) is 7.32. The number of carbonyl (C=O) groups excluding carboxylic acids is 3. The molecule has 1 aromatic heterocycles. The third-order valence-electron chi connectivity index (χ3n) is 5.30. The summed E-state index contributed by atoms with van der Waals surface area (Å²) in [5.41, 5.74) is 2.70. The molecule has 2 amide bonds. The number of para-hydroxylation sites is 1. The van der Waals surface area contributed by atoms with Gasteiger partial charge in [-0.05, 0) is 55.0 Å². The van der Waals surface area contributed by atoms with Gasteiger partial charge in [0.1, 0.15) is 0 Å². The lowest BCUT2D eigenvalue weighted by Crippen LogP contribution is -2.28. The molecule has 4 rings (SSSR count). The summed E-state index contributed by atoms with van der Waals surface area (Å²) in [7, 11) is 0. The van der Waals surface area contributed by atoms with Crippen LogP contribution in [-0.4, -0.2) is 34.2 Å².